The zero-order valence-electron chi connectivity index (χ0n) is 9.82. The fourth-order valence-electron chi connectivity index (χ4n) is 1.58. The lowest BCUT2D eigenvalue weighted by atomic mass is 10.1. The average molecular weight is 226 g/mol. The number of rotatable bonds is 6. The molecule has 0 aromatic heterocycles. The van der Waals surface area contributed by atoms with Crippen molar-refractivity contribution < 1.29 is 14.2 Å². The quantitative estimate of drug-likeness (QED) is 0.556. The van der Waals surface area contributed by atoms with Gasteiger partial charge in [0.15, 0.2) is 11.5 Å². The normalized spacial score (nSPS) is 12.2. The number of nitrogens with one attached hydrogen (secondary N) is 1. The summed E-state index contributed by atoms with van der Waals surface area (Å²) >= 11 is 0. The molecule has 0 aliphatic heterocycles. The van der Waals surface area contributed by atoms with E-state index in [0.717, 1.165) is 5.56 Å². The second kappa shape index (κ2) is 6.32. The van der Waals surface area contributed by atoms with Crippen molar-refractivity contribution >= 4 is 0 Å². The average Bonchev–Trinajstić information content (AvgIpc) is 2.34. The summed E-state index contributed by atoms with van der Waals surface area (Å²) in [5, 5.41) is 0. The van der Waals surface area contributed by atoms with Crippen molar-refractivity contribution in [2.45, 2.75) is 6.04 Å². The maximum Gasteiger partial charge on any atom is 0.165 e. The Morgan fingerprint density at radius 1 is 1.25 bits per heavy atom. The van der Waals surface area contributed by atoms with E-state index in [0.29, 0.717) is 18.1 Å². The Hall–Kier alpha value is -1.30. The van der Waals surface area contributed by atoms with Gasteiger partial charge in [-0.15, -0.1) is 0 Å². The summed E-state index contributed by atoms with van der Waals surface area (Å²) in [7, 11) is 4.82. The molecule has 0 saturated carbocycles. The van der Waals surface area contributed by atoms with Gasteiger partial charge >= 0.3 is 0 Å². The van der Waals surface area contributed by atoms with Crippen LogP contribution in [-0.2, 0) is 4.74 Å². The number of para-hydroxylation sites is 1. The highest BCUT2D eigenvalue weighted by Gasteiger charge is 2.17. The van der Waals surface area contributed by atoms with Crippen molar-refractivity contribution in [2.75, 3.05) is 27.9 Å². The molecule has 0 aliphatic rings. The lowest BCUT2D eigenvalue weighted by Crippen LogP contribution is -2.31. The zero-order chi connectivity index (χ0) is 12.0. The van der Waals surface area contributed by atoms with Gasteiger partial charge in [-0.2, -0.15) is 0 Å². The van der Waals surface area contributed by atoms with Crippen LogP contribution in [0.4, 0.5) is 0 Å². The predicted octanol–water partition coefficient (Wildman–Crippen LogP) is 0.855. The number of benzene rings is 1. The van der Waals surface area contributed by atoms with Gasteiger partial charge in [0.25, 0.3) is 0 Å². The van der Waals surface area contributed by atoms with Crippen LogP contribution < -0.4 is 20.7 Å². The first kappa shape index (κ1) is 12.8. The number of hydrogen-bond donors (Lipinski definition) is 2. The van der Waals surface area contributed by atoms with Crippen LogP contribution in [0.25, 0.3) is 0 Å². The van der Waals surface area contributed by atoms with Crippen molar-refractivity contribution in [3.05, 3.63) is 23.8 Å². The minimum atomic E-state index is -0.130. The molecule has 0 heterocycles. The smallest absolute Gasteiger partial charge is 0.165 e. The van der Waals surface area contributed by atoms with Crippen LogP contribution in [0.15, 0.2) is 18.2 Å². The van der Waals surface area contributed by atoms with Gasteiger partial charge in [0.2, 0.25) is 0 Å². The predicted molar refractivity (Wildman–Crippen MR) is 61.5 cm³/mol. The molecule has 1 aromatic carbocycles. The Morgan fingerprint density at radius 3 is 2.50 bits per heavy atom. The first-order valence-corrected chi connectivity index (χ1v) is 4.94. The van der Waals surface area contributed by atoms with Gasteiger partial charge in [-0.25, -0.2) is 0 Å². The summed E-state index contributed by atoms with van der Waals surface area (Å²) in [4.78, 5) is 0. The van der Waals surface area contributed by atoms with E-state index in [1.165, 1.54) is 0 Å². The highest BCUT2D eigenvalue weighted by atomic mass is 16.5. The van der Waals surface area contributed by atoms with Crippen LogP contribution in [-0.4, -0.2) is 27.9 Å². The molecular formula is C11H18N2O3. The Labute approximate surface area is 95.5 Å². The molecule has 0 aliphatic carbocycles. The van der Waals surface area contributed by atoms with Gasteiger partial charge in [-0.05, 0) is 6.07 Å². The molecule has 1 unspecified atom stereocenters. The monoisotopic (exact) mass is 226 g/mol. The third-order valence-electron chi connectivity index (χ3n) is 2.34. The summed E-state index contributed by atoms with van der Waals surface area (Å²) < 4.78 is 15.6. The fraction of sp³-hybridized carbons (Fsp3) is 0.455. The number of hydrogen-bond acceptors (Lipinski definition) is 5. The summed E-state index contributed by atoms with van der Waals surface area (Å²) in [5.74, 6) is 6.83. The molecule has 0 spiro atoms. The van der Waals surface area contributed by atoms with E-state index >= 15 is 0 Å². The van der Waals surface area contributed by atoms with E-state index in [1.807, 2.05) is 18.2 Å². The van der Waals surface area contributed by atoms with Crippen molar-refractivity contribution in [2.24, 2.45) is 5.84 Å². The summed E-state index contributed by atoms with van der Waals surface area (Å²) in [6.45, 7) is 0.458. The summed E-state index contributed by atoms with van der Waals surface area (Å²) in [6.07, 6.45) is 0. The number of methoxy groups -OCH3 is 3. The summed E-state index contributed by atoms with van der Waals surface area (Å²) in [6, 6.07) is 5.51. The van der Waals surface area contributed by atoms with Crippen LogP contribution in [0.5, 0.6) is 11.5 Å². The lowest BCUT2D eigenvalue weighted by Gasteiger charge is -2.19. The zero-order valence-corrected chi connectivity index (χ0v) is 9.82. The molecule has 0 radical (unpaired) electrons. The van der Waals surface area contributed by atoms with E-state index in [4.69, 9.17) is 20.1 Å². The molecule has 1 atom stereocenters. The number of ether oxygens (including phenoxy) is 3. The van der Waals surface area contributed by atoms with Crippen LogP contribution in [0.2, 0.25) is 0 Å². The molecular weight excluding hydrogens is 208 g/mol. The molecule has 16 heavy (non-hydrogen) atoms. The molecule has 1 rings (SSSR count). The SMILES string of the molecule is COCC(NN)c1cccc(OC)c1OC. The maximum absolute atomic E-state index is 5.48. The first-order chi connectivity index (χ1) is 7.78. The molecule has 0 amide bonds. The molecule has 5 nitrogen and oxygen atoms in total. The Balaban J connectivity index is 3.09. The van der Waals surface area contributed by atoms with Crippen molar-refractivity contribution in [1.82, 2.24) is 5.43 Å². The van der Waals surface area contributed by atoms with Gasteiger partial charge in [0.1, 0.15) is 0 Å². The molecule has 0 saturated heterocycles. The fourth-order valence-corrected chi connectivity index (χ4v) is 1.58. The van der Waals surface area contributed by atoms with Crippen molar-refractivity contribution in [3.63, 3.8) is 0 Å². The van der Waals surface area contributed by atoms with Crippen molar-refractivity contribution in [3.8, 4) is 11.5 Å². The molecule has 0 bridgehead atoms. The van der Waals surface area contributed by atoms with Gasteiger partial charge in [-0.1, -0.05) is 12.1 Å². The lowest BCUT2D eigenvalue weighted by molar-refractivity contribution is 0.165. The number of nitrogens with two attached hydrogens (primary N) is 1. The minimum absolute atomic E-state index is 0.130. The second-order valence-corrected chi connectivity index (χ2v) is 3.26. The number of hydrazine groups is 1. The van der Waals surface area contributed by atoms with E-state index < -0.39 is 0 Å². The minimum Gasteiger partial charge on any atom is -0.493 e. The maximum atomic E-state index is 5.48. The van der Waals surface area contributed by atoms with Gasteiger partial charge < -0.3 is 14.2 Å². The van der Waals surface area contributed by atoms with Crippen LogP contribution in [0.3, 0.4) is 0 Å². The van der Waals surface area contributed by atoms with Crippen molar-refractivity contribution in [1.29, 1.82) is 0 Å². The van der Waals surface area contributed by atoms with Crippen LogP contribution in [0.1, 0.15) is 11.6 Å². The third kappa shape index (κ3) is 2.63. The van der Waals surface area contributed by atoms with E-state index in [1.54, 1.807) is 21.3 Å². The molecule has 1 aromatic rings. The largest absolute Gasteiger partial charge is 0.493 e. The highest BCUT2D eigenvalue weighted by Crippen LogP contribution is 2.34. The standard InChI is InChI=1S/C11H18N2O3/c1-14-7-9(13-12)8-5-4-6-10(15-2)11(8)16-3/h4-6,9,13H,7,12H2,1-3H3. The van der Waals surface area contributed by atoms with Gasteiger partial charge in [0.05, 0.1) is 26.9 Å². The van der Waals surface area contributed by atoms with E-state index in [2.05, 4.69) is 5.43 Å². The third-order valence-corrected chi connectivity index (χ3v) is 2.34. The highest BCUT2D eigenvalue weighted by molar-refractivity contribution is 5.48. The Kier molecular flexibility index (Phi) is 5.04. The molecule has 5 heteroatoms. The second-order valence-electron chi connectivity index (χ2n) is 3.26. The van der Waals surface area contributed by atoms with Gasteiger partial charge in [-0.3, -0.25) is 11.3 Å². The molecule has 90 valence electrons. The Morgan fingerprint density at radius 2 is 2.00 bits per heavy atom. The van der Waals surface area contributed by atoms with Crippen LogP contribution >= 0.6 is 0 Å². The summed E-state index contributed by atoms with van der Waals surface area (Å²) in [5.41, 5.74) is 3.59. The van der Waals surface area contributed by atoms with Crippen LogP contribution in [0, 0.1) is 0 Å². The molecule has 3 N–H and O–H groups in total. The van der Waals surface area contributed by atoms with Gasteiger partial charge in [0, 0.05) is 12.7 Å². The topological polar surface area (TPSA) is 65.7 Å². The molecule has 0 fully saturated rings. The Bertz CT molecular complexity index is 331. The first-order valence-electron chi connectivity index (χ1n) is 4.94. The van der Waals surface area contributed by atoms with E-state index in [-0.39, 0.29) is 6.04 Å². The van der Waals surface area contributed by atoms with E-state index in [9.17, 15) is 0 Å².